The summed E-state index contributed by atoms with van der Waals surface area (Å²) in [4.78, 5) is 36.2. The molecule has 32 heavy (non-hydrogen) atoms. The largest absolute Gasteiger partial charge is 0.423 e. The maximum absolute atomic E-state index is 12.3. The SMILES string of the molecule is Cc1cc(C)cc(NC(=O)C(=O)N/N=C/c2ccc(OC(=O)c3ccccc3C)cc2)c1. The molecular weight excluding hydrogens is 406 g/mol. The summed E-state index contributed by atoms with van der Waals surface area (Å²) in [7, 11) is 0. The molecule has 3 aromatic carbocycles. The second-order valence-electron chi connectivity index (χ2n) is 7.30. The molecule has 3 rings (SSSR count). The molecule has 0 aliphatic heterocycles. The highest BCUT2D eigenvalue weighted by molar-refractivity contribution is 6.39. The van der Waals surface area contributed by atoms with Crippen molar-refractivity contribution in [3.05, 3.63) is 94.5 Å². The van der Waals surface area contributed by atoms with Crippen molar-refractivity contribution in [2.24, 2.45) is 5.10 Å². The third-order valence-electron chi connectivity index (χ3n) is 4.52. The molecular formula is C25H23N3O4. The van der Waals surface area contributed by atoms with Crippen molar-refractivity contribution in [1.29, 1.82) is 0 Å². The van der Waals surface area contributed by atoms with Crippen molar-refractivity contribution in [1.82, 2.24) is 5.43 Å². The summed E-state index contributed by atoms with van der Waals surface area (Å²) < 4.78 is 5.38. The molecule has 0 saturated carbocycles. The molecule has 0 bridgehead atoms. The van der Waals surface area contributed by atoms with Gasteiger partial charge < -0.3 is 10.1 Å². The van der Waals surface area contributed by atoms with Crippen molar-refractivity contribution >= 4 is 29.7 Å². The number of hydrogen-bond acceptors (Lipinski definition) is 5. The van der Waals surface area contributed by atoms with Crippen molar-refractivity contribution in [2.75, 3.05) is 5.32 Å². The van der Waals surface area contributed by atoms with Gasteiger partial charge in [-0.1, -0.05) is 24.3 Å². The Balaban J connectivity index is 1.53. The number of aryl methyl sites for hydroxylation is 3. The Hall–Kier alpha value is -4.26. The fourth-order valence-corrected chi connectivity index (χ4v) is 3.04. The quantitative estimate of drug-likeness (QED) is 0.211. The number of hydrogen-bond donors (Lipinski definition) is 2. The average Bonchev–Trinajstić information content (AvgIpc) is 2.74. The van der Waals surface area contributed by atoms with Crippen LogP contribution in [0.5, 0.6) is 5.75 Å². The molecule has 2 N–H and O–H groups in total. The van der Waals surface area contributed by atoms with E-state index in [0.717, 1.165) is 16.7 Å². The standard InChI is InChI=1S/C25H23N3O4/c1-16-12-17(2)14-20(13-16)27-23(29)24(30)28-26-15-19-8-10-21(11-9-19)32-25(31)22-7-5-4-6-18(22)3/h4-15H,1-3H3,(H,27,29)(H,28,30)/b26-15+. The van der Waals surface area contributed by atoms with Crippen molar-refractivity contribution in [3.8, 4) is 5.75 Å². The van der Waals surface area contributed by atoms with Crippen LogP contribution in [-0.2, 0) is 9.59 Å². The van der Waals surface area contributed by atoms with Crippen molar-refractivity contribution < 1.29 is 19.1 Å². The molecule has 0 fully saturated rings. The number of amides is 2. The van der Waals surface area contributed by atoms with Gasteiger partial charge in [-0.2, -0.15) is 5.10 Å². The molecule has 0 aliphatic carbocycles. The molecule has 0 radical (unpaired) electrons. The van der Waals surface area contributed by atoms with E-state index in [2.05, 4.69) is 15.8 Å². The number of nitrogens with zero attached hydrogens (tertiary/aromatic N) is 1. The highest BCUT2D eigenvalue weighted by atomic mass is 16.5. The topological polar surface area (TPSA) is 96.9 Å². The summed E-state index contributed by atoms with van der Waals surface area (Å²) in [6, 6.07) is 19.3. The van der Waals surface area contributed by atoms with Crippen LogP contribution in [0, 0.1) is 20.8 Å². The van der Waals surface area contributed by atoms with E-state index in [0.29, 0.717) is 22.6 Å². The first-order valence-corrected chi connectivity index (χ1v) is 9.92. The Morgan fingerprint density at radius 2 is 1.50 bits per heavy atom. The van der Waals surface area contributed by atoms with Crippen LogP contribution in [0.4, 0.5) is 5.69 Å². The van der Waals surface area contributed by atoms with Gasteiger partial charge in [-0.15, -0.1) is 0 Å². The van der Waals surface area contributed by atoms with Gasteiger partial charge >= 0.3 is 17.8 Å². The smallest absolute Gasteiger partial charge is 0.343 e. The lowest BCUT2D eigenvalue weighted by Crippen LogP contribution is -2.32. The number of hydrazone groups is 1. The molecule has 7 heteroatoms. The summed E-state index contributed by atoms with van der Waals surface area (Å²) in [6.07, 6.45) is 1.38. The third-order valence-corrected chi connectivity index (χ3v) is 4.52. The number of rotatable bonds is 5. The van der Waals surface area contributed by atoms with Gasteiger partial charge in [-0.25, -0.2) is 10.2 Å². The Morgan fingerprint density at radius 1 is 0.844 bits per heavy atom. The molecule has 0 heterocycles. The summed E-state index contributed by atoms with van der Waals surface area (Å²) in [6.45, 7) is 5.65. The van der Waals surface area contributed by atoms with E-state index in [9.17, 15) is 14.4 Å². The van der Waals surface area contributed by atoms with Gasteiger partial charge in [0.15, 0.2) is 0 Å². The van der Waals surface area contributed by atoms with Gasteiger partial charge in [0.2, 0.25) is 0 Å². The molecule has 0 saturated heterocycles. The zero-order valence-electron chi connectivity index (χ0n) is 18.0. The molecule has 2 amide bonds. The van der Waals surface area contributed by atoms with Crippen LogP contribution in [0.2, 0.25) is 0 Å². The lowest BCUT2D eigenvalue weighted by atomic mass is 10.1. The number of esters is 1. The number of carbonyl (C=O) groups is 3. The van der Waals surface area contributed by atoms with Gasteiger partial charge in [0.25, 0.3) is 0 Å². The first-order chi connectivity index (χ1) is 15.3. The van der Waals surface area contributed by atoms with Gasteiger partial charge in [-0.05, 0) is 85.5 Å². The number of ether oxygens (including phenoxy) is 1. The van der Waals surface area contributed by atoms with Crippen LogP contribution >= 0.6 is 0 Å². The maximum Gasteiger partial charge on any atom is 0.343 e. The molecule has 0 unspecified atom stereocenters. The first-order valence-electron chi connectivity index (χ1n) is 9.92. The Bertz CT molecular complexity index is 1160. The normalized spacial score (nSPS) is 10.6. The predicted molar refractivity (Wildman–Crippen MR) is 123 cm³/mol. The number of carbonyl (C=O) groups excluding carboxylic acids is 3. The lowest BCUT2D eigenvalue weighted by Gasteiger charge is -2.07. The highest BCUT2D eigenvalue weighted by Gasteiger charge is 2.13. The first kappa shape index (κ1) is 22.4. The minimum atomic E-state index is -0.885. The van der Waals surface area contributed by atoms with Crippen LogP contribution in [0.3, 0.4) is 0 Å². The fraction of sp³-hybridized carbons (Fsp3) is 0.120. The Labute approximate surface area is 186 Å². The average molecular weight is 429 g/mol. The summed E-state index contributed by atoms with van der Waals surface area (Å²) >= 11 is 0. The zero-order valence-corrected chi connectivity index (χ0v) is 18.0. The van der Waals surface area contributed by atoms with E-state index in [1.165, 1.54) is 6.21 Å². The van der Waals surface area contributed by atoms with Crippen LogP contribution in [0.15, 0.2) is 71.8 Å². The van der Waals surface area contributed by atoms with E-state index in [4.69, 9.17) is 4.74 Å². The second kappa shape index (κ2) is 10.2. The third kappa shape index (κ3) is 6.12. The molecule has 0 atom stereocenters. The number of nitrogens with one attached hydrogen (secondary N) is 2. The summed E-state index contributed by atoms with van der Waals surface area (Å²) in [5.74, 6) is -1.76. The molecule has 7 nitrogen and oxygen atoms in total. The second-order valence-corrected chi connectivity index (χ2v) is 7.30. The Morgan fingerprint density at radius 3 is 2.16 bits per heavy atom. The summed E-state index contributed by atoms with van der Waals surface area (Å²) in [5, 5.41) is 6.34. The van der Waals surface area contributed by atoms with E-state index in [1.54, 1.807) is 48.5 Å². The molecule has 0 aromatic heterocycles. The minimum absolute atomic E-state index is 0.382. The van der Waals surface area contributed by atoms with Crippen LogP contribution in [0.1, 0.15) is 32.6 Å². The van der Waals surface area contributed by atoms with Crippen LogP contribution in [0.25, 0.3) is 0 Å². The number of benzene rings is 3. The van der Waals surface area contributed by atoms with Gasteiger partial charge in [0.05, 0.1) is 11.8 Å². The molecule has 0 aliphatic rings. The zero-order chi connectivity index (χ0) is 23.1. The molecule has 162 valence electrons. The minimum Gasteiger partial charge on any atom is -0.423 e. The van der Waals surface area contributed by atoms with E-state index in [-0.39, 0.29) is 0 Å². The van der Waals surface area contributed by atoms with Gasteiger partial charge in [0.1, 0.15) is 5.75 Å². The molecule has 3 aromatic rings. The van der Waals surface area contributed by atoms with Crippen LogP contribution in [-0.4, -0.2) is 24.0 Å². The molecule has 0 spiro atoms. The van der Waals surface area contributed by atoms with Crippen molar-refractivity contribution in [3.63, 3.8) is 0 Å². The highest BCUT2D eigenvalue weighted by Crippen LogP contribution is 2.16. The van der Waals surface area contributed by atoms with Crippen LogP contribution < -0.4 is 15.5 Å². The maximum atomic E-state index is 12.3. The van der Waals surface area contributed by atoms with E-state index in [1.807, 2.05) is 39.0 Å². The summed E-state index contributed by atoms with van der Waals surface area (Å²) in [5.41, 5.74) is 6.67. The fourth-order valence-electron chi connectivity index (χ4n) is 3.04. The predicted octanol–water partition coefficient (Wildman–Crippen LogP) is 3.92. The Kier molecular flexibility index (Phi) is 7.13. The van der Waals surface area contributed by atoms with Crippen molar-refractivity contribution in [2.45, 2.75) is 20.8 Å². The lowest BCUT2D eigenvalue weighted by molar-refractivity contribution is -0.136. The van der Waals surface area contributed by atoms with E-state index >= 15 is 0 Å². The number of anilines is 1. The monoisotopic (exact) mass is 429 g/mol. The van der Waals surface area contributed by atoms with Gasteiger partial charge in [0, 0.05) is 5.69 Å². The van der Waals surface area contributed by atoms with E-state index < -0.39 is 17.8 Å². The van der Waals surface area contributed by atoms with Gasteiger partial charge in [-0.3, -0.25) is 9.59 Å².